The minimum absolute atomic E-state index is 0.00473. The Bertz CT molecular complexity index is 577. The van der Waals surface area contributed by atoms with Gasteiger partial charge < -0.3 is 15.4 Å². The van der Waals surface area contributed by atoms with Crippen LogP contribution in [0.3, 0.4) is 0 Å². The zero-order valence-corrected chi connectivity index (χ0v) is 18.6. The Labute approximate surface area is 175 Å². The van der Waals surface area contributed by atoms with Crippen molar-refractivity contribution in [1.82, 2.24) is 21.5 Å². The summed E-state index contributed by atoms with van der Waals surface area (Å²) >= 11 is 0. The van der Waals surface area contributed by atoms with Gasteiger partial charge in [0.05, 0.1) is 0 Å². The van der Waals surface area contributed by atoms with Crippen LogP contribution in [0.2, 0.25) is 0 Å². The molecule has 1 saturated carbocycles. The monoisotopic (exact) mass is 408 g/mol. The molecule has 0 aromatic carbocycles. The third-order valence-electron chi connectivity index (χ3n) is 6.75. The highest BCUT2D eigenvalue weighted by Crippen LogP contribution is 2.35. The molecule has 0 aromatic rings. The normalized spacial score (nSPS) is 36.6. The molecular formula is C22H40N4O3. The van der Waals surface area contributed by atoms with Crippen LogP contribution in [0.1, 0.15) is 79.1 Å². The van der Waals surface area contributed by atoms with Crippen molar-refractivity contribution >= 4 is 12.0 Å². The maximum Gasteiger partial charge on any atom is 0.407 e. The molecule has 2 saturated heterocycles. The number of hydrogen-bond donors (Lipinski definition) is 4. The summed E-state index contributed by atoms with van der Waals surface area (Å²) in [6, 6.07) is 0.423. The molecule has 4 unspecified atom stereocenters. The molecule has 6 atom stereocenters. The van der Waals surface area contributed by atoms with E-state index < -0.39 is 5.60 Å². The number of fused-ring (bicyclic) bond motifs is 4. The van der Waals surface area contributed by atoms with Crippen LogP contribution < -0.4 is 21.5 Å². The van der Waals surface area contributed by atoms with Gasteiger partial charge in [0, 0.05) is 30.6 Å². The smallest absolute Gasteiger partial charge is 0.407 e. The van der Waals surface area contributed by atoms with E-state index in [2.05, 4.69) is 21.5 Å². The first-order valence-electron chi connectivity index (χ1n) is 11.5. The van der Waals surface area contributed by atoms with Crippen molar-refractivity contribution in [1.29, 1.82) is 0 Å². The van der Waals surface area contributed by atoms with Crippen LogP contribution in [0.15, 0.2) is 0 Å². The minimum atomic E-state index is -0.516. The van der Waals surface area contributed by atoms with Gasteiger partial charge >= 0.3 is 6.09 Å². The fraction of sp³-hybridized carbons (Fsp3) is 0.909. The van der Waals surface area contributed by atoms with E-state index in [1.807, 2.05) is 27.7 Å². The summed E-state index contributed by atoms with van der Waals surface area (Å²) in [5.41, 5.74) is 6.30. The predicted molar refractivity (Wildman–Crippen MR) is 113 cm³/mol. The molecule has 0 spiro atoms. The Morgan fingerprint density at radius 1 is 1.07 bits per heavy atom. The molecule has 3 rings (SSSR count). The number of rotatable bonds is 1. The molecule has 2 bridgehead atoms. The number of ether oxygens (including phenoxy) is 1. The van der Waals surface area contributed by atoms with Crippen LogP contribution in [-0.4, -0.2) is 42.3 Å². The first-order chi connectivity index (χ1) is 13.7. The van der Waals surface area contributed by atoms with Gasteiger partial charge in [-0.25, -0.2) is 4.79 Å². The lowest BCUT2D eigenvalue weighted by Crippen LogP contribution is -2.61. The quantitative estimate of drug-likeness (QED) is 0.536. The number of nitrogens with one attached hydrogen (secondary N) is 4. The number of amides is 2. The summed E-state index contributed by atoms with van der Waals surface area (Å²) in [5.74, 6) is 1.19. The zero-order chi connectivity index (χ0) is 21.0. The van der Waals surface area contributed by atoms with E-state index in [1.165, 1.54) is 19.3 Å². The van der Waals surface area contributed by atoms with Gasteiger partial charge in [-0.3, -0.25) is 15.6 Å². The lowest BCUT2D eigenvalue weighted by Gasteiger charge is -2.44. The Morgan fingerprint density at radius 2 is 1.83 bits per heavy atom. The van der Waals surface area contributed by atoms with Crippen molar-refractivity contribution in [2.75, 3.05) is 6.54 Å². The predicted octanol–water partition coefficient (Wildman–Crippen LogP) is 2.86. The van der Waals surface area contributed by atoms with Crippen molar-refractivity contribution < 1.29 is 14.3 Å². The minimum Gasteiger partial charge on any atom is -0.444 e. The van der Waals surface area contributed by atoms with Crippen LogP contribution in [0.4, 0.5) is 4.79 Å². The Morgan fingerprint density at radius 3 is 2.59 bits per heavy atom. The molecule has 4 N–H and O–H groups in total. The van der Waals surface area contributed by atoms with Gasteiger partial charge in [0.1, 0.15) is 5.60 Å². The van der Waals surface area contributed by atoms with Crippen molar-refractivity contribution in [3.8, 4) is 0 Å². The number of hydrogen-bond acceptors (Lipinski definition) is 5. The van der Waals surface area contributed by atoms with E-state index in [0.717, 1.165) is 38.6 Å². The van der Waals surface area contributed by atoms with Gasteiger partial charge in [-0.15, -0.1) is 0 Å². The Balaban J connectivity index is 1.76. The molecule has 7 nitrogen and oxygen atoms in total. The summed E-state index contributed by atoms with van der Waals surface area (Å²) < 4.78 is 5.51. The topological polar surface area (TPSA) is 91.5 Å². The van der Waals surface area contributed by atoms with Crippen LogP contribution >= 0.6 is 0 Å². The van der Waals surface area contributed by atoms with Crippen LogP contribution in [0.5, 0.6) is 0 Å². The largest absolute Gasteiger partial charge is 0.444 e. The van der Waals surface area contributed by atoms with E-state index in [-0.39, 0.29) is 36.0 Å². The lowest BCUT2D eigenvalue weighted by atomic mass is 9.72. The lowest BCUT2D eigenvalue weighted by molar-refractivity contribution is -0.126. The van der Waals surface area contributed by atoms with Gasteiger partial charge in [0.2, 0.25) is 5.91 Å². The SMILES string of the molecule is C[C@@H]1CCC[C@H](NC(=O)OC(C)(C)C)C2CC(CNN2)C2CCCCC2NC1=O. The van der Waals surface area contributed by atoms with E-state index in [1.54, 1.807) is 0 Å². The number of carbonyl (C=O) groups excluding carboxylic acids is 2. The number of hydrazine groups is 1. The highest BCUT2D eigenvalue weighted by molar-refractivity contribution is 5.78. The molecule has 2 amide bonds. The summed E-state index contributed by atoms with van der Waals surface area (Å²) in [6.07, 6.45) is 7.88. The molecule has 2 heterocycles. The summed E-state index contributed by atoms with van der Waals surface area (Å²) in [4.78, 5) is 25.2. The average Bonchev–Trinajstić information content (AvgIpc) is 2.65. The maximum absolute atomic E-state index is 12.7. The second-order valence-corrected chi connectivity index (χ2v) is 10.3. The van der Waals surface area contributed by atoms with Crippen LogP contribution in [-0.2, 0) is 9.53 Å². The van der Waals surface area contributed by atoms with Gasteiger partial charge in [-0.05, 0) is 64.7 Å². The molecule has 0 aromatic heterocycles. The molecule has 1 aliphatic carbocycles. The van der Waals surface area contributed by atoms with Gasteiger partial charge in [-0.1, -0.05) is 26.2 Å². The Hall–Kier alpha value is -1.34. The van der Waals surface area contributed by atoms with Gasteiger partial charge in [0.25, 0.3) is 0 Å². The standard InChI is InChI=1S/C22H40N4O3/c1-14-8-7-11-18(25-21(28)29-22(2,3)4)19-12-15(13-23-26-19)16-9-5-6-10-17(16)24-20(14)27/h14-19,23,26H,5-13H2,1-4H3,(H,24,27)(H,25,28)/t14-,15?,16?,17?,18+,19?/m1/s1. The van der Waals surface area contributed by atoms with Crippen LogP contribution in [0, 0.1) is 17.8 Å². The first-order valence-corrected chi connectivity index (χ1v) is 11.5. The molecule has 3 aliphatic rings. The fourth-order valence-corrected chi connectivity index (χ4v) is 5.22. The molecule has 2 aliphatic heterocycles. The highest BCUT2D eigenvalue weighted by Gasteiger charge is 2.39. The summed E-state index contributed by atoms with van der Waals surface area (Å²) in [6.45, 7) is 8.58. The number of carbonyl (C=O) groups is 2. The molecule has 7 heteroatoms. The molecular weight excluding hydrogens is 368 g/mol. The molecule has 0 radical (unpaired) electrons. The zero-order valence-electron chi connectivity index (χ0n) is 18.6. The van der Waals surface area contributed by atoms with Crippen molar-refractivity contribution in [2.24, 2.45) is 17.8 Å². The van der Waals surface area contributed by atoms with E-state index >= 15 is 0 Å². The maximum atomic E-state index is 12.7. The first kappa shape index (κ1) is 22.3. The van der Waals surface area contributed by atoms with Crippen molar-refractivity contribution in [3.63, 3.8) is 0 Å². The van der Waals surface area contributed by atoms with Crippen molar-refractivity contribution in [2.45, 2.75) is 103 Å². The third kappa shape index (κ3) is 6.32. The summed E-state index contributed by atoms with van der Waals surface area (Å²) in [5, 5.41) is 6.50. The van der Waals surface area contributed by atoms with Crippen LogP contribution in [0.25, 0.3) is 0 Å². The molecule has 3 fully saturated rings. The Kier molecular flexibility index (Phi) is 7.43. The number of alkyl carbamates (subject to hydrolysis) is 1. The molecule has 166 valence electrons. The van der Waals surface area contributed by atoms with E-state index in [4.69, 9.17) is 4.74 Å². The second-order valence-electron chi connectivity index (χ2n) is 10.3. The fourth-order valence-electron chi connectivity index (χ4n) is 5.22. The van der Waals surface area contributed by atoms with Gasteiger partial charge in [-0.2, -0.15) is 0 Å². The summed E-state index contributed by atoms with van der Waals surface area (Å²) in [7, 11) is 0. The second kappa shape index (κ2) is 9.65. The van der Waals surface area contributed by atoms with Crippen molar-refractivity contribution in [3.05, 3.63) is 0 Å². The molecule has 29 heavy (non-hydrogen) atoms. The third-order valence-corrected chi connectivity index (χ3v) is 6.75. The van der Waals surface area contributed by atoms with E-state index in [9.17, 15) is 9.59 Å². The van der Waals surface area contributed by atoms with E-state index in [0.29, 0.717) is 11.8 Å². The van der Waals surface area contributed by atoms with Gasteiger partial charge in [0.15, 0.2) is 0 Å². The highest BCUT2D eigenvalue weighted by atomic mass is 16.6. The average molecular weight is 409 g/mol.